The number of benzene rings is 1. The SMILES string of the molecule is COc1ccc(CN2CCCC3(CCC(=O)N(CCc4cnc[nH]4)C3)C2)cc1. The molecule has 3 heterocycles. The maximum absolute atomic E-state index is 12.5. The summed E-state index contributed by atoms with van der Waals surface area (Å²) in [4.78, 5) is 24.3. The number of hydrogen-bond donors (Lipinski definition) is 1. The molecule has 6 nitrogen and oxygen atoms in total. The van der Waals surface area contributed by atoms with Crippen LogP contribution in [0.2, 0.25) is 0 Å². The van der Waals surface area contributed by atoms with Crippen LogP contribution in [0, 0.1) is 5.41 Å². The van der Waals surface area contributed by atoms with Crippen molar-refractivity contribution in [2.45, 2.75) is 38.6 Å². The molecule has 2 aliphatic heterocycles. The number of aromatic nitrogens is 2. The molecule has 2 fully saturated rings. The van der Waals surface area contributed by atoms with E-state index >= 15 is 0 Å². The fourth-order valence-corrected chi connectivity index (χ4v) is 4.75. The first-order chi connectivity index (χ1) is 13.7. The van der Waals surface area contributed by atoms with Crippen molar-refractivity contribution >= 4 is 5.91 Å². The summed E-state index contributed by atoms with van der Waals surface area (Å²) in [6.45, 7) is 4.84. The van der Waals surface area contributed by atoms with Crippen LogP contribution in [0.5, 0.6) is 5.75 Å². The second kappa shape index (κ2) is 8.35. The Hall–Kier alpha value is -2.34. The van der Waals surface area contributed by atoms with E-state index in [0.717, 1.165) is 57.0 Å². The summed E-state index contributed by atoms with van der Waals surface area (Å²) in [5.74, 6) is 1.20. The van der Waals surface area contributed by atoms with Crippen LogP contribution < -0.4 is 4.74 Å². The molecular formula is C22H30N4O2. The molecule has 2 aromatic rings. The number of rotatable bonds is 6. The smallest absolute Gasteiger partial charge is 0.222 e. The van der Waals surface area contributed by atoms with Crippen LogP contribution in [-0.4, -0.2) is 59.0 Å². The van der Waals surface area contributed by atoms with Gasteiger partial charge in [0.25, 0.3) is 0 Å². The van der Waals surface area contributed by atoms with Gasteiger partial charge in [-0.3, -0.25) is 9.69 Å². The van der Waals surface area contributed by atoms with Crippen LogP contribution in [0.4, 0.5) is 0 Å². The third-order valence-corrected chi connectivity index (χ3v) is 6.26. The molecule has 1 N–H and O–H groups in total. The molecule has 0 bridgehead atoms. The molecule has 0 saturated carbocycles. The van der Waals surface area contributed by atoms with Gasteiger partial charge in [0.1, 0.15) is 5.75 Å². The number of methoxy groups -OCH3 is 1. The van der Waals surface area contributed by atoms with E-state index in [1.54, 1.807) is 13.4 Å². The predicted octanol–water partition coefficient (Wildman–Crippen LogP) is 2.87. The number of H-pyrrole nitrogens is 1. The van der Waals surface area contributed by atoms with E-state index in [9.17, 15) is 4.79 Å². The lowest BCUT2D eigenvalue weighted by molar-refractivity contribution is -0.139. The molecule has 28 heavy (non-hydrogen) atoms. The minimum absolute atomic E-state index is 0.243. The van der Waals surface area contributed by atoms with Crippen LogP contribution in [0.25, 0.3) is 0 Å². The van der Waals surface area contributed by atoms with Crippen molar-refractivity contribution in [3.8, 4) is 5.75 Å². The van der Waals surface area contributed by atoms with E-state index in [2.05, 4.69) is 31.9 Å². The molecule has 4 rings (SSSR count). The number of aromatic amines is 1. The van der Waals surface area contributed by atoms with E-state index < -0.39 is 0 Å². The predicted molar refractivity (Wildman–Crippen MR) is 108 cm³/mol. The number of amides is 1. The summed E-state index contributed by atoms with van der Waals surface area (Å²) >= 11 is 0. The molecule has 1 amide bonds. The van der Waals surface area contributed by atoms with Crippen LogP contribution in [0.3, 0.4) is 0 Å². The first kappa shape index (κ1) is 19.0. The van der Waals surface area contributed by atoms with Gasteiger partial charge in [-0.25, -0.2) is 4.98 Å². The number of hydrogen-bond acceptors (Lipinski definition) is 4. The molecular weight excluding hydrogens is 352 g/mol. The van der Waals surface area contributed by atoms with Crippen molar-refractivity contribution < 1.29 is 9.53 Å². The largest absolute Gasteiger partial charge is 0.497 e. The van der Waals surface area contributed by atoms with E-state index in [4.69, 9.17) is 4.74 Å². The van der Waals surface area contributed by atoms with Gasteiger partial charge < -0.3 is 14.6 Å². The Labute approximate surface area is 166 Å². The van der Waals surface area contributed by atoms with Crippen LogP contribution >= 0.6 is 0 Å². The van der Waals surface area contributed by atoms with Crippen molar-refractivity contribution in [1.29, 1.82) is 0 Å². The zero-order valence-corrected chi connectivity index (χ0v) is 16.7. The number of carbonyl (C=O) groups excluding carboxylic acids is 1. The summed E-state index contributed by atoms with van der Waals surface area (Å²) < 4.78 is 5.26. The van der Waals surface area contributed by atoms with E-state index in [1.165, 1.54) is 18.4 Å². The van der Waals surface area contributed by atoms with Crippen molar-refractivity contribution in [1.82, 2.24) is 19.8 Å². The van der Waals surface area contributed by atoms with Gasteiger partial charge in [0, 0.05) is 56.3 Å². The highest BCUT2D eigenvalue weighted by Crippen LogP contribution is 2.39. The summed E-state index contributed by atoms with van der Waals surface area (Å²) in [6, 6.07) is 8.37. The fourth-order valence-electron chi connectivity index (χ4n) is 4.75. The first-order valence-corrected chi connectivity index (χ1v) is 10.3. The quantitative estimate of drug-likeness (QED) is 0.835. The summed E-state index contributed by atoms with van der Waals surface area (Å²) in [5.41, 5.74) is 2.66. The Bertz CT molecular complexity index is 774. The third-order valence-electron chi connectivity index (χ3n) is 6.26. The van der Waals surface area contributed by atoms with Gasteiger partial charge in [-0.1, -0.05) is 12.1 Å². The zero-order chi connectivity index (χ0) is 19.4. The van der Waals surface area contributed by atoms with Gasteiger partial charge in [0.05, 0.1) is 13.4 Å². The Morgan fingerprint density at radius 1 is 1.21 bits per heavy atom. The van der Waals surface area contributed by atoms with Crippen LogP contribution in [0.1, 0.15) is 36.9 Å². The number of nitrogens with one attached hydrogen (secondary N) is 1. The molecule has 6 heteroatoms. The normalized spacial score (nSPS) is 23.3. The summed E-state index contributed by atoms with van der Waals surface area (Å²) in [5, 5.41) is 0. The van der Waals surface area contributed by atoms with Crippen LogP contribution in [0.15, 0.2) is 36.8 Å². The third kappa shape index (κ3) is 4.38. The van der Waals surface area contributed by atoms with Crippen molar-refractivity contribution in [3.05, 3.63) is 48.0 Å². The maximum Gasteiger partial charge on any atom is 0.222 e. The van der Waals surface area contributed by atoms with E-state index in [-0.39, 0.29) is 5.41 Å². The lowest BCUT2D eigenvalue weighted by atomic mass is 9.73. The Morgan fingerprint density at radius 3 is 2.82 bits per heavy atom. The van der Waals surface area contributed by atoms with Crippen molar-refractivity contribution in [3.63, 3.8) is 0 Å². The fraction of sp³-hybridized carbons (Fsp3) is 0.545. The first-order valence-electron chi connectivity index (χ1n) is 10.3. The Morgan fingerprint density at radius 2 is 2.07 bits per heavy atom. The number of imidazole rings is 1. The Kier molecular flexibility index (Phi) is 5.67. The molecule has 2 saturated heterocycles. The van der Waals surface area contributed by atoms with Gasteiger partial charge in [-0.05, 0) is 43.5 Å². The Balaban J connectivity index is 1.37. The highest BCUT2D eigenvalue weighted by molar-refractivity contribution is 5.77. The molecule has 0 radical (unpaired) electrons. The number of likely N-dealkylation sites (tertiary alicyclic amines) is 2. The molecule has 150 valence electrons. The maximum atomic E-state index is 12.5. The molecule has 1 aromatic carbocycles. The zero-order valence-electron chi connectivity index (χ0n) is 16.7. The van der Waals surface area contributed by atoms with Gasteiger partial charge in [-0.2, -0.15) is 0 Å². The molecule has 1 spiro atoms. The standard InChI is InChI=1S/C22H30N4O2/c1-28-20-5-3-18(4-6-20)14-25-11-2-9-22(15-25)10-7-21(27)26(16-22)12-8-19-13-23-17-24-19/h3-6,13,17H,2,7-12,14-16H2,1H3,(H,23,24). The molecule has 1 aromatic heterocycles. The highest BCUT2D eigenvalue weighted by Gasteiger charge is 2.41. The van der Waals surface area contributed by atoms with Gasteiger partial charge >= 0.3 is 0 Å². The second-order valence-electron chi connectivity index (χ2n) is 8.30. The number of nitrogens with zero attached hydrogens (tertiary/aromatic N) is 3. The minimum Gasteiger partial charge on any atom is -0.497 e. The van der Waals surface area contributed by atoms with E-state index in [1.807, 2.05) is 18.3 Å². The minimum atomic E-state index is 0.243. The number of ether oxygens (including phenoxy) is 1. The molecule has 0 aliphatic carbocycles. The van der Waals surface area contributed by atoms with Crippen molar-refractivity contribution in [2.24, 2.45) is 5.41 Å². The van der Waals surface area contributed by atoms with Gasteiger partial charge in [-0.15, -0.1) is 0 Å². The average molecular weight is 383 g/mol. The lowest BCUT2D eigenvalue weighted by Gasteiger charge is -2.48. The van der Waals surface area contributed by atoms with E-state index in [0.29, 0.717) is 12.3 Å². The lowest BCUT2D eigenvalue weighted by Crippen LogP contribution is -2.54. The summed E-state index contributed by atoms with van der Waals surface area (Å²) in [7, 11) is 1.70. The molecule has 2 aliphatic rings. The van der Waals surface area contributed by atoms with Crippen molar-refractivity contribution in [2.75, 3.05) is 33.3 Å². The topological polar surface area (TPSA) is 61.5 Å². The highest BCUT2D eigenvalue weighted by atomic mass is 16.5. The number of piperidine rings is 2. The monoisotopic (exact) mass is 382 g/mol. The molecule has 1 unspecified atom stereocenters. The van der Waals surface area contributed by atoms with Gasteiger partial charge in [0.2, 0.25) is 5.91 Å². The molecule has 1 atom stereocenters. The second-order valence-corrected chi connectivity index (χ2v) is 8.30. The summed E-state index contributed by atoms with van der Waals surface area (Å²) in [6.07, 6.45) is 8.52. The van der Waals surface area contributed by atoms with Gasteiger partial charge in [0.15, 0.2) is 0 Å². The van der Waals surface area contributed by atoms with Crippen LogP contribution in [-0.2, 0) is 17.8 Å². The number of carbonyl (C=O) groups is 1. The average Bonchev–Trinajstić information content (AvgIpc) is 3.23.